The van der Waals surface area contributed by atoms with Crippen LogP contribution in [-0.2, 0) is 20.4 Å². The van der Waals surface area contributed by atoms with Crippen molar-refractivity contribution in [1.29, 1.82) is 0 Å². The van der Waals surface area contributed by atoms with E-state index >= 15 is 0 Å². The lowest BCUT2D eigenvalue weighted by Crippen LogP contribution is -2.51. The molecule has 8 nitrogen and oxygen atoms in total. The van der Waals surface area contributed by atoms with Crippen LogP contribution in [0.2, 0.25) is 0 Å². The Hall–Kier alpha value is -4.73. The standard InChI is InChI=1S/C44H48F2N6O2/c1-8-44(33-24(2)48-50-38(33)47-29-20-40(3,4)22-31(53)34(29)44)27-14-16-28(17-15-27)52-30-21-41(5,6)23-32(54)35(30)42(7,26-12-10-9-11-13-26)36-37(49-51-39(36)52)25-18-43(45,46)19-25/h9-17,25,34H,8,18-23H2,1-7H3,(H,48,50)(H,49,51). The minimum atomic E-state index is -2.73. The number of allylic oxidation sites excluding steroid dienone is 2. The van der Waals surface area contributed by atoms with Crippen molar-refractivity contribution in [1.82, 2.24) is 20.4 Å². The Kier molecular flexibility index (Phi) is 7.39. The van der Waals surface area contributed by atoms with E-state index in [0.29, 0.717) is 48.6 Å². The fraction of sp³-hybridized carbons (Fsp3) is 0.477. The monoisotopic (exact) mass is 730 g/mol. The molecule has 2 saturated carbocycles. The highest BCUT2D eigenvalue weighted by Gasteiger charge is 2.57. The molecule has 2 aliphatic heterocycles. The summed E-state index contributed by atoms with van der Waals surface area (Å²) >= 11 is 0. The van der Waals surface area contributed by atoms with Gasteiger partial charge in [0.1, 0.15) is 5.78 Å². The minimum absolute atomic E-state index is 0.0617. The van der Waals surface area contributed by atoms with E-state index in [-0.39, 0.29) is 35.2 Å². The number of halogens is 2. The van der Waals surface area contributed by atoms with Gasteiger partial charge in [-0.3, -0.25) is 24.7 Å². The first-order valence-corrected chi connectivity index (χ1v) is 19.3. The third-order valence-electron chi connectivity index (χ3n) is 13.2. The zero-order valence-electron chi connectivity index (χ0n) is 32.2. The number of H-pyrrole nitrogens is 2. The van der Waals surface area contributed by atoms with Crippen molar-refractivity contribution in [3.8, 4) is 0 Å². The maximum absolute atomic E-state index is 14.6. The smallest absolute Gasteiger partial charge is 0.249 e. The molecule has 0 bridgehead atoms. The number of carbonyl (C=O) groups is 2. The average molecular weight is 731 g/mol. The number of nitrogens with zero attached hydrogens (tertiary/aromatic N) is 4. The maximum atomic E-state index is 14.6. The normalized spacial score (nSPS) is 28.1. The molecule has 0 spiro atoms. The van der Waals surface area contributed by atoms with Gasteiger partial charge in [-0.25, -0.2) is 13.8 Å². The topological polar surface area (TPSA) is 107 Å². The van der Waals surface area contributed by atoms with Gasteiger partial charge in [-0.2, -0.15) is 10.2 Å². The Balaban J connectivity index is 1.24. The molecule has 2 aromatic heterocycles. The molecule has 2 fully saturated rings. The number of aryl methyl sites for hydroxylation is 1. The number of carbonyl (C=O) groups excluding carboxylic acids is 2. The average Bonchev–Trinajstić information content (AvgIpc) is 3.70. The van der Waals surface area contributed by atoms with Gasteiger partial charge in [0.15, 0.2) is 17.4 Å². The quantitative estimate of drug-likeness (QED) is 0.213. The number of hydrogen-bond acceptors (Lipinski definition) is 6. The fourth-order valence-electron chi connectivity index (χ4n) is 11.0. The van der Waals surface area contributed by atoms with Crippen LogP contribution in [0.25, 0.3) is 0 Å². The van der Waals surface area contributed by atoms with Gasteiger partial charge in [-0.05, 0) is 67.2 Å². The number of alkyl halides is 2. The van der Waals surface area contributed by atoms with Crippen molar-refractivity contribution in [2.45, 2.75) is 116 Å². The third kappa shape index (κ3) is 4.86. The number of rotatable bonds is 5. The molecule has 3 atom stereocenters. The summed E-state index contributed by atoms with van der Waals surface area (Å²) in [6.45, 7) is 14.7. The molecule has 280 valence electrons. The van der Waals surface area contributed by atoms with Crippen LogP contribution in [0.15, 0.2) is 70.9 Å². The first-order chi connectivity index (χ1) is 25.5. The molecule has 10 heteroatoms. The predicted molar refractivity (Wildman–Crippen MR) is 205 cm³/mol. The lowest BCUT2D eigenvalue weighted by Gasteiger charge is -2.49. The van der Waals surface area contributed by atoms with Crippen LogP contribution < -0.4 is 4.90 Å². The number of aromatic nitrogens is 4. The van der Waals surface area contributed by atoms with Gasteiger partial charge in [0.25, 0.3) is 0 Å². The van der Waals surface area contributed by atoms with Gasteiger partial charge in [0, 0.05) is 82.2 Å². The summed E-state index contributed by atoms with van der Waals surface area (Å²) < 4.78 is 28.9. The van der Waals surface area contributed by atoms with Crippen LogP contribution in [0, 0.1) is 23.7 Å². The van der Waals surface area contributed by atoms with Gasteiger partial charge in [-0.15, -0.1) is 0 Å². The van der Waals surface area contributed by atoms with Crippen molar-refractivity contribution in [3.05, 3.63) is 99.5 Å². The molecular weight excluding hydrogens is 683 g/mol. The molecule has 0 saturated heterocycles. The Bertz CT molecular complexity index is 2290. The van der Waals surface area contributed by atoms with E-state index in [1.807, 2.05) is 37.3 Å². The third-order valence-corrected chi connectivity index (χ3v) is 13.2. The number of anilines is 2. The lowest BCUT2D eigenvalue weighted by molar-refractivity contribution is -0.125. The van der Waals surface area contributed by atoms with Crippen molar-refractivity contribution in [2.75, 3.05) is 4.90 Å². The van der Waals surface area contributed by atoms with Crippen molar-refractivity contribution >= 4 is 34.6 Å². The molecule has 2 aromatic carbocycles. The van der Waals surface area contributed by atoms with E-state index in [1.165, 1.54) is 0 Å². The SMILES string of the molecule is CCC1(c2ccc(N3C4=C(C(=O)CC(C)(C)C4)C(C)(c4ccccc4)c4c3n[nH]c4C3CC(F)(F)C3)cc2)c2c(n[nH]c2C)N=C2CC(C)(C)CC(=O)C21. The Morgan fingerprint density at radius 2 is 1.50 bits per heavy atom. The van der Waals surface area contributed by atoms with Crippen LogP contribution in [0.5, 0.6) is 0 Å². The molecule has 9 rings (SSSR count). The van der Waals surface area contributed by atoms with Crippen molar-refractivity contribution in [2.24, 2.45) is 21.7 Å². The highest BCUT2D eigenvalue weighted by atomic mass is 19.3. The predicted octanol–water partition coefficient (Wildman–Crippen LogP) is 9.84. The van der Waals surface area contributed by atoms with E-state index in [2.05, 4.69) is 86.0 Å². The Labute approximate surface area is 314 Å². The summed E-state index contributed by atoms with van der Waals surface area (Å²) in [5.74, 6) is -1.99. The number of aliphatic imine (C=N–C) groups is 1. The Morgan fingerprint density at radius 1 is 0.815 bits per heavy atom. The minimum Gasteiger partial charge on any atom is -0.299 e. The Morgan fingerprint density at radius 3 is 2.17 bits per heavy atom. The van der Waals surface area contributed by atoms with E-state index in [4.69, 9.17) is 10.1 Å². The number of aromatic amines is 2. The first-order valence-electron chi connectivity index (χ1n) is 19.3. The number of hydrogen-bond donors (Lipinski definition) is 2. The summed E-state index contributed by atoms with van der Waals surface area (Å²) in [6, 6.07) is 18.3. The number of Topliss-reactive ketones (excluding diaryl/α,β-unsaturated/α-hetero) is 2. The van der Waals surface area contributed by atoms with Gasteiger partial charge >= 0.3 is 0 Å². The highest BCUT2D eigenvalue weighted by molar-refractivity contribution is 6.12. The van der Waals surface area contributed by atoms with Crippen LogP contribution >= 0.6 is 0 Å². The molecule has 54 heavy (non-hydrogen) atoms. The molecule has 5 aliphatic rings. The molecule has 4 heterocycles. The molecule has 3 aliphatic carbocycles. The molecule has 3 unspecified atom stereocenters. The summed E-state index contributed by atoms with van der Waals surface area (Å²) in [5, 5.41) is 16.0. The number of nitrogens with one attached hydrogen (secondary N) is 2. The van der Waals surface area contributed by atoms with Crippen LogP contribution in [0.1, 0.15) is 126 Å². The van der Waals surface area contributed by atoms with E-state index < -0.39 is 28.6 Å². The molecule has 0 radical (unpaired) electrons. The van der Waals surface area contributed by atoms with E-state index in [9.17, 15) is 18.4 Å². The number of fused-ring (bicyclic) bond motifs is 3. The van der Waals surface area contributed by atoms with Crippen molar-refractivity contribution < 1.29 is 18.4 Å². The van der Waals surface area contributed by atoms with Crippen LogP contribution in [-0.4, -0.2) is 43.6 Å². The lowest BCUT2D eigenvalue weighted by atomic mass is 9.55. The van der Waals surface area contributed by atoms with E-state index in [0.717, 1.165) is 51.5 Å². The second-order valence-electron chi connectivity index (χ2n) is 18.3. The second kappa shape index (κ2) is 11.4. The molecule has 4 aromatic rings. The molecular formula is C44H48F2N6O2. The van der Waals surface area contributed by atoms with Gasteiger partial charge in [-0.1, -0.05) is 77.1 Å². The molecule has 2 N–H and O–H groups in total. The first kappa shape index (κ1) is 35.0. The zero-order valence-corrected chi connectivity index (χ0v) is 32.2. The van der Waals surface area contributed by atoms with Gasteiger partial charge < -0.3 is 0 Å². The van der Waals surface area contributed by atoms with Gasteiger partial charge in [0.2, 0.25) is 5.92 Å². The molecule has 0 amide bonds. The number of ketones is 2. The highest BCUT2D eigenvalue weighted by Crippen LogP contribution is 2.61. The fourth-order valence-corrected chi connectivity index (χ4v) is 11.0. The summed E-state index contributed by atoms with van der Waals surface area (Å²) in [6.07, 6.45) is 2.37. The van der Waals surface area contributed by atoms with E-state index in [1.54, 1.807) is 0 Å². The summed E-state index contributed by atoms with van der Waals surface area (Å²) in [7, 11) is 0. The summed E-state index contributed by atoms with van der Waals surface area (Å²) in [5.41, 5.74) is 6.50. The van der Waals surface area contributed by atoms with Crippen LogP contribution in [0.3, 0.4) is 0 Å². The van der Waals surface area contributed by atoms with Crippen LogP contribution in [0.4, 0.5) is 26.1 Å². The van der Waals surface area contributed by atoms with Gasteiger partial charge in [0.05, 0.1) is 11.3 Å². The zero-order chi connectivity index (χ0) is 38.2. The second-order valence-corrected chi connectivity index (χ2v) is 18.3. The number of benzene rings is 2. The summed E-state index contributed by atoms with van der Waals surface area (Å²) in [4.78, 5) is 35.9. The maximum Gasteiger partial charge on any atom is 0.249 e. The largest absolute Gasteiger partial charge is 0.299 e. The van der Waals surface area contributed by atoms with Crippen molar-refractivity contribution in [3.63, 3.8) is 0 Å².